The molecule has 132 valence electrons. The Morgan fingerprint density at radius 1 is 1.16 bits per heavy atom. The van der Waals surface area contributed by atoms with Gasteiger partial charge in [-0.25, -0.2) is 9.97 Å². The molecule has 0 bridgehead atoms. The van der Waals surface area contributed by atoms with Gasteiger partial charge in [0.05, 0.1) is 6.20 Å². The highest BCUT2D eigenvalue weighted by Crippen LogP contribution is 2.34. The predicted molar refractivity (Wildman–Crippen MR) is 92.2 cm³/mol. The van der Waals surface area contributed by atoms with Crippen molar-refractivity contribution in [3.63, 3.8) is 0 Å². The van der Waals surface area contributed by atoms with E-state index in [1.165, 1.54) is 0 Å². The van der Waals surface area contributed by atoms with Gasteiger partial charge in [0.2, 0.25) is 0 Å². The molecule has 2 fully saturated rings. The molecule has 0 radical (unpaired) electrons. The third-order valence-corrected chi connectivity index (χ3v) is 5.18. The van der Waals surface area contributed by atoms with E-state index in [1.54, 1.807) is 24.3 Å². The minimum atomic E-state index is -0.0156. The molecule has 4 rings (SSSR count). The summed E-state index contributed by atoms with van der Waals surface area (Å²) in [5.41, 5.74) is 1.50. The Balaban J connectivity index is 1.42. The topological polar surface area (TPSA) is 80.0 Å². The van der Waals surface area contributed by atoms with Crippen LogP contribution in [-0.4, -0.2) is 61.9 Å². The minimum absolute atomic E-state index is 0.0156. The molecule has 0 spiro atoms. The van der Waals surface area contributed by atoms with Gasteiger partial charge in [0.25, 0.3) is 5.91 Å². The van der Waals surface area contributed by atoms with Crippen LogP contribution in [0.1, 0.15) is 35.9 Å². The van der Waals surface area contributed by atoms with E-state index in [-0.39, 0.29) is 5.91 Å². The molecule has 0 aromatic carbocycles. The van der Waals surface area contributed by atoms with Crippen LogP contribution >= 0.6 is 0 Å². The highest BCUT2D eigenvalue weighted by molar-refractivity contribution is 5.92. The zero-order valence-electron chi connectivity index (χ0n) is 14.8. The highest BCUT2D eigenvalue weighted by Gasteiger charge is 2.42. The number of likely N-dealkylation sites (tertiary alicyclic amines) is 1. The zero-order valence-corrected chi connectivity index (χ0v) is 14.8. The monoisotopic (exact) mass is 341 g/mol. The summed E-state index contributed by atoms with van der Waals surface area (Å²) in [6.07, 6.45) is 3.33. The van der Waals surface area contributed by atoms with E-state index in [0.717, 1.165) is 37.7 Å². The Labute approximate surface area is 146 Å². The SMILES string of the molecule is CC(C)c1cc(N2CC3CN(C(=O)c4cn(C)nn4)CC3C2)ncn1. The summed E-state index contributed by atoms with van der Waals surface area (Å²) < 4.78 is 1.56. The molecule has 0 saturated carbocycles. The van der Waals surface area contributed by atoms with Crippen LogP contribution in [0.25, 0.3) is 0 Å². The van der Waals surface area contributed by atoms with Crippen LogP contribution in [0.4, 0.5) is 5.82 Å². The average molecular weight is 341 g/mol. The zero-order chi connectivity index (χ0) is 17.6. The van der Waals surface area contributed by atoms with Crippen LogP contribution in [0.2, 0.25) is 0 Å². The fraction of sp³-hybridized carbons (Fsp3) is 0.588. The first-order chi connectivity index (χ1) is 12.0. The van der Waals surface area contributed by atoms with E-state index in [9.17, 15) is 4.79 Å². The van der Waals surface area contributed by atoms with Crippen molar-refractivity contribution in [2.24, 2.45) is 18.9 Å². The predicted octanol–water partition coefficient (Wildman–Crippen LogP) is 0.937. The molecule has 2 aromatic heterocycles. The number of aromatic nitrogens is 5. The van der Waals surface area contributed by atoms with Gasteiger partial charge >= 0.3 is 0 Å². The summed E-state index contributed by atoms with van der Waals surface area (Å²) in [7, 11) is 1.77. The van der Waals surface area contributed by atoms with Crippen LogP contribution in [0.15, 0.2) is 18.6 Å². The molecule has 2 aromatic rings. The summed E-state index contributed by atoms with van der Waals surface area (Å²) in [5.74, 6) is 2.35. The number of hydrogen-bond donors (Lipinski definition) is 0. The van der Waals surface area contributed by atoms with Gasteiger partial charge in [-0.05, 0) is 5.92 Å². The Hall–Kier alpha value is -2.51. The van der Waals surface area contributed by atoms with Crippen LogP contribution in [-0.2, 0) is 7.05 Å². The summed E-state index contributed by atoms with van der Waals surface area (Å²) >= 11 is 0. The summed E-state index contributed by atoms with van der Waals surface area (Å²) in [6.45, 7) is 7.70. The number of aryl methyl sites for hydroxylation is 1. The maximum absolute atomic E-state index is 12.5. The van der Waals surface area contributed by atoms with Crippen LogP contribution in [0.3, 0.4) is 0 Å². The van der Waals surface area contributed by atoms with E-state index < -0.39 is 0 Å². The van der Waals surface area contributed by atoms with Crippen molar-refractivity contribution in [3.8, 4) is 0 Å². The normalized spacial score (nSPS) is 22.7. The van der Waals surface area contributed by atoms with Gasteiger partial charge < -0.3 is 9.80 Å². The third kappa shape index (κ3) is 2.96. The van der Waals surface area contributed by atoms with Gasteiger partial charge in [-0.3, -0.25) is 9.48 Å². The number of rotatable bonds is 3. The van der Waals surface area contributed by atoms with Gasteiger partial charge in [0, 0.05) is 56.8 Å². The molecule has 4 heterocycles. The van der Waals surface area contributed by atoms with Crippen LogP contribution in [0, 0.1) is 11.8 Å². The van der Waals surface area contributed by atoms with Gasteiger partial charge in [-0.2, -0.15) is 0 Å². The van der Waals surface area contributed by atoms with E-state index in [0.29, 0.717) is 23.4 Å². The molecular formula is C17H23N7O. The van der Waals surface area contributed by atoms with Crippen molar-refractivity contribution in [3.05, 3.63) is 30.0 Å². The Morgan fingerprint density at radius 2 is 1.88 bits per heavy atom. The number of amides is 1. The van der Waals surface area contributed by atoms with E-state index in [2.05, 4.69) is 45.1 Å². The minimum Gasteiger partial charge on any atom is -0.356 e. The van der Waals surface area contributed by atoms with Crippen LogP contribution in [0.5, 0.6) is 0 Å². The first-order valence-electron chi connectivity index (χ1n) is 8.73. The Kier molecular flexibility index (Phi) is 3.89. The lowest BCUT2D eigenvalue weighted by Crippen LogP contribution is -2.33. The van der Waals surface area contributed by atoms with Crippen LogP contribution < -0.4 is 4.90 Å². The number of hydrogen-bond acceptors (Lipinski definition) is 6. The molecule has 2 unspecified atom stereocenters. The van der Waals surface area contributed by atoms with E-state index in [1.807, 2.05) is 4.90 Å². The maximum Gasteiger partial charge on any atom is 0.276 e. The lowest BCUT2D eigenvalue weighted by atomic mass is 10.0. The number of anilines is 1. The van der Waals surface area contributed by atoms with Crippen molar-refractivity contribution in [2.75, 3.05) is 31.1 Å². The lowest BCUT2D eigenvalue weighted by molar-refractivity contribution is 0.0776. The molecule has 0 N–H and O–H groups in total. The molecule has 8 nitrogen and oxygen atoms in total. The van der Waals surface area contributed by atoms with E-state index in [4.69, 9.17) is 0 Å². The number of fused-ring (bicyclic) bond motifs is 1. The van der Waals surface area contributed by atoms with Crippen molar-refractivity contribution in [2.45, 2.75) is 19.8 Å². The Morgan fingerprint density at radius 3 is 2.48 bits per heavy atom. The third-order valence-electron chi connectivity index (χ3n) is 5.18. The fourth-order valence-corrected chi connectivity index (χ4v) is 3.80. The number of carbonyl (C=O) groups is 1. The second-order valence-electron chi connectivity index (χ2n) is 7.37. The first-order valence-corrected chi connectivity index (χ1v) is 8.73. The lowest BCUT2D eigenvalue weighted by Gasteiger charge is -2.22. The van der Waals surface area contributed by atoms with Crippen molar-refractivity contribution in [1.82, 2.24) is 29.9 Å². The molecule has 2 atom stereocenters. The van der Waals surface area contributed by atoms with Gasteiger partial charge in [0.1, 0.15) is 12.1 Å². The molecule has 1 amide bonds. The Bertz CT molecular complexity index is 773. The second-order valence-corrected chi connectivity index (χ2v) is 7.37. The number of nitrogens with zero attached hydrogens (tertiary/aromatic N) is 7. The van der Waals surface area contributed by atoms with Gasteiger partial charge in [-0.15, -0.1) is 5.10 Å². The smallest absolute Gasteiger partial charge is 0.276 e. The molecule has 8 heteroatoms. The molecule has 0 aliphatic carbocycles. The molecule has 2 aliphatic heterocycles. The van der Waals surface area contributed by atoms with E-state index >= 15 is 0 Å². The summed E-state index contributed by atoms with van der Waals surface area (Å²) in [5, 5.41) is 7.79. The molecule has 2 aliphatic rings. The van der Waals surface area contributed by atoms with Gasteiger partial charge in [0.15, 0.2) is 5.69 Å². The summed E-state index contributed by atoms with van der Waals surface area (Å²) in [6, 6.07) is 2.09. The quantitative estimate of drug-likeness (QED) is 0.826. The van der Waals surface area contributed by atoms with Crippen molar-refractivity contribution in [1.29, 1.82) is 0 Å². The molecule has 2 saturated heterocycles. The van der Waals surface area contributed by atoms with Crippen molar-refractivity contribution < 1.29 is 4.79 Å². The summed E-state index contributed by atoms with van der Waals surface area (Å²) in [4.78, 5) is 25.6. The number of carbonyl (C=O) groups excluding carboxylic acids is 1. The first kappa shape index (κ1) is 16.0. The molecule has 25 heavy (non-hydrogen) atoms. The maximum atomic E-state index is 12.5. The van der Waals surface area contributed by atoms with Gasteiger partial charge in [-0.1, -0.05) is 19.1 Å². The average Bonchev–Trinajstić information content (AvgIpc) is 3.28. The fourth-order valence-electron chi connectivity index (χ4n) is 3.80. The second kappa shape index (κ2) is 6.09. The largest absolute Gasteiger partial charge is 0.356 e. The standard InChI is InChI=1S/C17H23N7O/c1-11(2)14-4-16(19-10-18-14)23-5-12-7-24(8-13(12)6-23)17(25)15-9-22(3)21-20-15/h4,9-13H,5-8H2,1-3H3. The molecular weight excluding hydrogens is 318 g/mol. The highest BCUT2D eigenvalue weighted by atomic mass is 16.2. The van der Waals surface area contributed by atoms with Crippen molar-refractivity contribution >= 4 is 11.7 Å².